The molecule has 0 heterocycles. The molecule has 1 atom stereocenters. The molecule has 0 amide bonds. The van der Waals surface area contributed by atoms with Gasteiger partial charge in [0.05, 0.1) is 5.60 Å². The molecule has 0 saturated heterocycles. The van der Waals surface area contributed by atoms with Crippen molar-refractivity contribution >= 4 is 0 Å². The zero-order valence-electron chi connectivity index (χ0n) is 11.5. The third-order valence-corrected chi connectivity index (χ3v) is 2.99. The first kappa shape index (κ1) is 14.2. The molecule has 0 aliphatic carbocycles. The van der Waals surface area contributed by atoms with Crippen LogP contribution in [0.15, 0.2) is 24.3 Å². The van der Waals surface area contributed by atoms with Crippen LogP contribution in [0.25, 0.3) is 0 Å². The fraction of sp³-hybridized carbons (Fsp3) is 0.600. The van der Waals surface area contributed by atoms with Crippen molar-refractivity contribution in [2.24, 2.45) is 0 Å². The van der Waals surface area contributed by atoms with Crippen molar-refractivity contribution in [3.05, 3.63) is 35.4 Å². The quantitative estimate of drug-likeness (QED) is 0.794. The van der Waals surface area contributed by atoms with Gasteiger partial charge >= 0.3 is 0 Å². The molecule has 0 saturated carbocycles. The van der Waals surface area contributed by atoms with E-state index >= 15 is 0 Å². The first-order valence-electron chi connectivity index (χ1n) is 6.46. The topological polar surface area (TPSA) is 32.3 Å². The van der Waals surface area contributed by atoms with Crippen molar-refractivity contribution in [1.82, 2.24) is 5.32 Å². The van der Waals surface area contributed by atoms with Crippen LogP contribution in [0.4, 0.5) is 0 Å². The molecule has 0 aliphatic rings. The fourth-order valence-corrected chi connectivity index (χ4v) is 1.92. The highest BCUT2D eigenvalue weighted by Crippen LogP contribution is 2.17. The van der Waals surface area contributed by atoms with Gasteiger partial charge in [-0.05, 0) is 30.5 Å². The van der Waals surface area contributed by atoms with Gasteiger partial charge in [0.15, 0.2) is 0 Å². The normalized spacial score (nSPS) is 14.9. The first-order valence-corrected chi connectivity index (χ1v) is 6.46. The van der Waals surface area contributed by atoms with Crippen LogP contribution >= 0.6 is 0 Å². The highest BCUT2D eigenvalue weighted by Gasteiger charge is 2.19. The molecule has 0 radical (unpaired) electrons. The maximum Gasteiger partial charge on any atom is 0.0783 e. The molecule has 0 bridgehead atoms. The van der Waals surface area contributed by atoms with Crippen LogP contribution in [0.5, 0.6) is 0 Å². The van der Waals surface area contributed by atoms with E-state index < -0.39 is 5.60 Å². The third kappa shape index (κ3) is 4.88. The van der Waals surface area contributed by atoms with Crippen LogP contribution in [0.3, 0.4) is 0 Å². The van der Waals surface area contributed by atoms with E-state index in [-0.39, 0.29) is 0 Å². The number of benzene rings is 1. The predicted molar refractivity (Wildman–Crippen MR) is 73.4 cm³/mol. The van der Waals surface area contributed by atoms with Crippen LogP contribution in [0.2, 0.25) is 0 Å². The lowest BCUT2D eigenvalue weighted by Gasteiger charge is -2.23. The molecule has 0 fully saturated rings. The highest BCUT2D eigenvalue weighted by atomic mass is 16.3. The average molecular weight is 235 g/mol. The van der Waals surface area contributed by atoms with Gasteiger partial charge in [-0.1, -0.05) is 45.0 Å². The van der Waals surface area contributed by atoms with Crippen molar-refractivity contribution in [2.45, 2.75) is 45.6 Å². The molecule has 2 heteroatoms. The Kier molecular flexibility index (Phi) is 5.16. The maximum atomic E-state index is 10.2. The van der Waals surface area contributed by atoms with Gasteiger partial charge in [-0.25, -0.2) is 0 Å². The van der Waals surface area contributed by atoms with Crippen molar-refractivity contribution < 1.29 is 5.11 Å². The molecule has 1 unspecified atom stereocenters. The Balaban J connectivity index is 2.62. The van der Waals surface area contributed by atoms with Crippen molar-refractivity contribution in [3.8, 4) is 0 Å². The van der Waals surface area contributed by atoms with E-state index in [1.54, 1.807) is 0 Å². The molecule has 0 spiro atoms. The molecule has 1 aromatic rings. The molecule has 1 rings (SSSR count). The van der Waals surface area contributed by atoms with Crippen molar-refractivity contribution in [3.63, 3.8) is 0 Å². The third-order valence-electron chi connectivity index (χ3n) is 2.99. The van der Waals surface area contributed by atoms with Crippen LogP contribution in [-0.2, 0) is 6.42 Å². The lowest BCUT2D eigenvalue weighted by Crippen LogP contribution is -2.39. The first-order chi connectivity index (χ1) is 7.94. The molecular formula is C15H25NO. The lowest BCUT2D eigenvalue weighted by atomic mass is 9.94. The minimum absolute atomic E-state index is 0.561. The van der Waals surface area contributed by atoms with Gasteiger partial charge in [-0.15, -0.1) is 0 Å². The van der Waals surface area contributed by atoms with E-state index in [2.05, 4.69) is 43.4 Å². The average Bonchev–Trinajstić information content (AvgIpc) is 2.26. The summed E-state index contributed by atoms with van der Waals surface area (Å²) in [5.74, 6) is 0.561. The summed E-state index contributed by atoms with van der Waals surface area (Å²) >= 11 is 0. The van der Waals surface area contributed by atoms with E-state index in [0.717, 1.165) is 6.54 Å². The largest absolute Gasteiger partial charge is 0.389 e. The van der Waals surface area contributed by atoms with Gasteiger partial charge in [-0.2, -0.15) is 0 Å². The number of rotatable bonds is 6. The zero-order valence-corrected chi connectivity index (χ0v) is 11.5. The predicted octanol–water partition coefficient (Wildman–Crippen LogP) is 2.71. The number of hydrogen-bond donors (Lipinski definition) is 2. The summed E-state index contributed by atoms with van der Waals surface area (Å²) in [6.45, 7) is 9.84. The molecule has 17 heavy (non-hydrogen) atoms. The van der Waals surface area contributed by atoms with E-state index in [9.17, 15) is 5.11 Å². The highest BCUT2D eigenvalue weighted by molar-refractivity contribution is 5.25. The SMILES string of the molecule is CCNCC(C)(O)Cc1ccc(C(C)C)cc1. The van der Waals surface area contributed by atoms with Gasteiger partial charge in [-0.3, -0.25) is 0 Å². The van der Waals surface area contributed by atoms with E-state index in [1.807, 2.05) is 13.8 Å². The minimum Gasteiger partial charge on any atom is -0.389 e. The minimum atomic E-state index is -0.671. The van der Waals surface area contributed by atoms with Crippen LogP contribution in [0, 0.1) is 0 Å². The van der Waals surface area contributed by atoms with Crippen LogP contribution < -0.4 is 5.32 Å². The second-order valence-electron chi connectivity index (χ2n) is 5.35. The van der Waals surface area contributed by atoms with Gasteiger partial charge in [0.1, 0.15) is 0 Å². The zero-order chi connectivity index (χ0) is 12.9. The van der Waals surface area contributed by atoms with E-state index in [1.165, 1.54) is 11.1 Å². The molecule has 0 aromatic heterocycles. The second kappa shape index (κ2) is 6.18. The lowest BCUT2D eigenvalue weighted by molar-refractivity contribution is 0.0607. The van der Waals surface area contributed by atoms with Gasteiger partial charge in [0, 0.05) is 13.0 Å². The summed E-state index contributed by atoms with van der Waals surface area (Å²) in [7, 11) is 0. The van der Waals surface area contributed by atoms with Gasteiger partial charge < -0.3 is 10.4 Å². The molecule has 2 N–H and O–H groups in total. The smallest absolute Gasteiger partial charge is 0.0783 e. The summed E-state index contributed by atoms with van der Waals surface area (Å²) < 4.78 is 0. The summed E-state index contributed by atoms with van der Waals surface area (Å²) in [5.41, 5.74) is 1.87. The number of nitrogens with one attached hydrogen (secondary N) is 1. The molecular weight excluding hydrogens is 210 g/mol. The van der Waals surface area contributed by atoms with E-state index in [0.29, 0.717) is 18.9 Å². The Morgan fingerprint density at radius 3 is 2.29 bits per heavy atom. The Hall–Kier alpha value is -0.860. The Labute approximate surface area is 105 Å². The van der Waals surface area contributed by atoms with Gasteiger partial charge in [0.25, 0.3) is 0 Å². The fourth-order valence-electron chi connectivity index (χ4n) is 1.92. The van der Waals surface area contributed by atoms with E-state index in [4.69, 9.17) is 0 Å². The van der Waals surface area contributed by atoms with Gasteiger partial charge in [0.2, 0.25) is 0 Å². The van der Waals surface area contributed by atoms with Crippen molar-refractivity contribution in [1.29, 1.82) is 0 Å². The monoisotopic (exact) mass is 235 g/mol. The Morgan fingerprint density at radius 1 is 1.24 bits per heavy atom. The van der Waals surface area contributed by atoms with Crippen molar-refractivity contribution in [2.75, 3.05) is 13.1 Å². The summed E-state index contributed by atoms with van der Waals surface area (Å²) in [4.78, 5) is 0. The second-order valence-corrected chi connectivity index (χ2v) is 5.35. The van der Waals surface area contributed by atoms with Crippen LogP contribution in [-0.4, -0.2) is 23.8 Å². The summed E-state index contributed by atoms with van der Waals surface area (Å²) in [6.07, 6.45) is 0.693. The summed E-state index contributed by atoms with van der Waals surface area (Å²) in [6, 6.07) is 8.55. The molecule has 96 valence electrons. The molecule has 1 aromatic carbocycles. The standard InChI is InChI=1S/C15H25NO/c1-5-16-11-15(4,17)10-13-6-8-14(9-7-13)12(2)3/h6-9,12,16-17H,5,10-11H2,1-4H3. The molecule has 0 aliphatic heterocycles. The number of likely N-dealkylation sites (N-methyl/N-ethyl adjacent to an activating group) is 1. The van der Waals surface area contributed by atoms with Crippen LogP contribution in [0.1, 0.15) is 44.7 Å². The number of hydrogen-bond acceptors (Lipinski definition) is 2. The number of aliphatic hydroxyl groups is 1. The maximum absolute atomic E-state index is 10.2. The summed E-state index contributed by atoms with van der Waals surface area (Å²) in [5, 5.41) is 13.4. The molecule has 2 nitrogen and oxygen atoms in total. The Morgan fingerprint density at radius 2 is 1.82 bits per heavy atom. The Bertz CT molecular complexity index is 327.